The Kier molecular flexibility index (Phi) is 10.6. The third-order valence-electron chi connectivity index (χ3n) is 7.69. The summed E-state index contributed by atoms with van der Waals surface area (Å²) in [6, 6.07) is 23.3. The second kappa shape index (κ2) is 14.4. The average Bonchev–Trinajstić information content (AvgIpc) is 2.98. The van der Waals surface area contributed by atoms with Crippen molar-refractivity contribution in [3.8, 4) is 5.75 Å². The second-order valence-corrected chi connectivity index (χ2v) is 12.9. The third-order valence-corrected chi connectivity index (χ3v) is 8.82. The lowest BCUT2D eigenvalue weighted by Gasteiger charge is -2.35. The van der Waals surface area contributed by atoms with Crippen LogP contribution in [0.25, 0.3) is 0 Å². The van der Waals surface area contributed by atoms with Gasteiger partial charge < -0.3 is 15.0 Å². The molecule has 0 aliphatic heterocycles. The molecule has 0 aromatic heterocycles. The number of nitrogens with zero attached hydrogens (tertiary/aromatic N) is 2. The number of sulfonamides is 1. The van der Waals surface area contributed by atoms with Crippen LogP contribution in [0.4, 0.5) is 5.69 Å². The topological polar surface area (TPSA) is 96.0 Å². The molecule has 1 atom stereocenters. The standard InChI is InChI=1S/C33H41N3O5S/c1-25-13-12-16-27(21-25)23-35(32(37)24-36(42(3,39)40)29-19-10-11-20-31(29)41-2)30(22-26-14-6-4-7-15-26)33(38)34-28-17-8-5-9-18-28/h4,6-7,10-16,19-21,28,30H,5,8-9,17-18,22-24H2,1-3H3,(H,34,38)/t30-/m1/s1. The third kappa shape index (κ3) is 8.35. The molecular formula is C33H41N3O5S. The summed E-state index contributed by atoms with van der Waals surface area (Å²) >= 11 is 0. The van der Waals surface area contributed by atoms with Gasteiger partial charge in [-0.15, -0.1) is 0 Å². The number of methoxy groups -OCH3 is 1. The first kappa shape index (κ1) is 31.1. The molecule has 42 heavy (non-hydrogen) atoms. The molecule has 1 N–H and O–H groups in total. The van der Waals surface area contributed by atoms with Gasteiger partial charge >= 0.3 is 0 Å². The highest BCUT2D eigenvalue weighted by Crippen LogP contribution is 2.30. The predicted octanol–water partition coefficient (Wildman–Crippen LogP) is 4.86. The highest BCUT2D eigenvalue weighted by molar-refractivity contribution is 7.92. The van der Waals surface area contributed by atoms with Crippen LogP contribution in [-0.2, 0) is 32.6 Å². The van der Waals surface area contributed by atoms with Crippen LogP contribution in [0.2, 0.25) is 0 Å². The minimum atomic E-state index is -3.88. The van der Waals surface area contributed by atoms with E-state index in [2.05, 4.69) is 5.32 Å². The average molecular weight is 592 g/mol. The van der Waals surface area contributed by atoms with Crippen molar-refractivity contribution in [2.75, 3.05) is 24.2 Å². The van der Waals surface area contributed by atoms with E-state index in [0.29, 0.717) is 12.2 Å². The zero-order chi connectivity index (χ0) is 30.1. The molecule has 9 heteroatoms. The predicted molar refractivity (Wildman–Crippen MR) is 166 cm³/mol. The summed E-state index contributed by atoms with van der Waals surface area (Å²) in [5.74, 6) is -0.376. The Hall–Kier alpha value is -3.85. The van der Waals surface area contributed by atoms with Crippen LogP contribution in [0, 0.1) is 6.92 Å². The molecule has 2 amide bonds. The van der Waals surface area contributed by atoms with Crippen molar-refractivity contribution < 1.29 is 22.7 Å². The molecular weight excluding hydrogens is 550 g/mol. The van der Waals surface area contributed by atoms with Gasteiger partial charge in [0.2, 0.25) is 21.8 Å². The molecule has 0 unspecified atom stereocenters. The van der Waals surface area contributed by atoms with Gasteiger partial charge in [-0.05, 0) is 43.0 Å². The van der Waals surface area contributed by atoms with E-state index in [0.717, 1.165) is 59.4 Å². The van der Waals surface area contributed by atoms with Crippen molar-refractivity contribution in [2.45, 2.75) is 64.1 Å². The van der Waals surface area contributed by atoms with Gasteiger partial charge in [-0.2, -0.15) is 0 Å². The normalized spacial score (nSPS) is 14.5. The number of ether oxygens (including phenoxy) is 1. The number of nitrogens with one attached hydrogen (secondary N) is 1. The highest BCUT2D eigenvalue weighted by Gasteiger charge is 2.34. The minimum Gasteiger partial charge on any atom is -0.495 e. The quantitative estimate of drug-likeness (QED) is 0.325. The molecule has 8 nitrogen and oxygen atoms in total. The van der Waals surface area contributed by atoms with Gasteiger partial charge in [0.05, 0.1) is 19.1 Å². The molecule has 224 valence electrons. The zero-order valence-corrected chi connectivity index (χ0v) is 25.5. The van der Waals surface area contributed by atoms with Crippen molar-refractivity contribution in [3.63, 3.8) is 0 Å². The van der Waals surface area contributed by atoms with Crippen LogP contribution >= 0.6 is 0 Å². The fourth-order valence-electron chi connectivity index (χ4n) is 5.54. The second-order valence-electron chi connectivity index (χ2n) is 11.0. The van der Waals surface area contributed by atoms with Crippen molar-refractivity contribution >= 4 is 27.5 Å². The van der Waals surface area contributed by atoms with E-state index < -0.39 is 28.5 Å². The SMILES string of the molecule is COc1ccccc1N(CC(=O)N(Cc1cccc(C)c1)[C@H](Cc1ccccc1)C(=O)NC1CCCCC1)S(C)(=O)=O. The Labute approximate surface area is 249 Å². The van der Waals surface area contributed by atoms with Crippen molar-refractivity contribution in [3.05, 3.63) is 95.6 Å². The van der Waals surface area contributed by atoms with E-state index >= 15 is 0 Å². The lowest BCUT2D eigenvalue weighted by Crippen LogP contribution is -2.55. The van der Waals surface area contributed by atoms with Gasteiger partial charge in [-0.25, -0.2) is 8.42 Å². The van der Waals surface area contributed by atoms with Gasteiger partial charge in [-0.3, -0.25) is 13.9 Å². The summed E-state index contributed by atoms with van der Waals surface area (Å²) in [6.45, 7) is 1.65. The lowest BCUT2D eigenvalue weighted by atomic mass is 9.94. The van der Waals surface area contributed by atoms with Crippen LogP contribution in [0.15, 0.2) is 78.9 Å². The Bertz CT molecular complexity index is 1460. The van der Waals surface area contributed by atoms with Gasteiger partial charge in [0, 0.05) is 19.0 Å². The molecule has 4 rings (SSSR count). The maximum atomic E-state index is 14.3. The summed E-state index contributed by atoms with van der Waals surface area (Å²) in [5.41, 5.74) is 3.05. The fourth-order valence-corrected chi connectivity index (χ4v) is 6.39. The number of benzene rings is 3. The summed E-state index contributed by atoms with van der Waals surface area (Å²) < 4.78 is 32.6. The van der Waals surface area contributed by atoms with E-state index in [1.165, 1.54) is 12.0 Å². The molecule has 0 spiro atoms. The zero-order valence-electron chi connectivity index (χ0n) is 24.7. The largest absolute Gasteiger partial charge is 0.495 e. The van der Waals surface area contributed by atoms with Crippen LogP contribution < -0.4 is 14.4 Å². The number of carbonyl (C=O) groups is 2. The van der Waals surface area contributed by atoms with Gasteiger partial charge in [0.25, 0.3) is 0 Å². The van der Waals surface area contributed by atoms with E-state index in [4.69, 9.17) is 4.74 Å². The first-order chi connectivity index (χ1) is 20.2. The molecule has 0 saturated heterocycles. The molecule has 1 saturated carbocycles. The summed E-state index contributed by atoms with van der Waals surface area (Å²) in [4.78, 5) is 29.8. The minimum absolute atomic E-state index is 0.0570. The maximum absolute atomic E-state index is 14.3. The smallest absolute Gasteiger partial charge is 0.244 e. The number of anilines is 1. The Morgan fingerprint density at radius 1 is 0.929 bits per heavy atom. The Morgan fingerprint density at radius 3 is 2.26 bits per heavy atom. The molecule has 0 radical (unpaired) electrons. The summed E-state index contributed by atoms with van der Waals surface area (Å²) in [5, 5.41) is 3.22. The number of para-hydroxylation sites is 2. The van der Waals surface area contributed by atoms with E-state index in [1.807, 2.05) is 61.5 Å². The van der Waals surface area contributed by atoms with Crippen molar-refractivity contribution in [1.82, 2.24) is 10.2 Å². The summed E-state index contributed by atoms with van der Waals surface area (Å²) in [6.07, 6.45) is 6.45. The highest BCUT2D eigenvalue weighted by atomic mass is 32.2. The molecule has 3 aromatic rings. The molecule has 1 fully saturated rings. The van der Waals surface area contributed by atoms with Crippen LogP contribution in [0.1, 0.15) is 48.8 Å². The molecule has 1 aliphatic carbocycles. The number of carbonyl (C=O) groups excluding carboxylic acids is 2. The van der Waals surface area contributed by atoms with Crippen LogP contribution in [-0.4, -0.2) is 57.1 Å². The monoisotopic (exact) mass is 591 g/mol. The van der Waals surface area contributed by atoms with Crippen molar-refractivity contribution in [1.29, 1.82) is 0 Å². The van der Waals surface area contributed by atoms with Crippen molar-refractivity contribution in [2.24, 2.45) is 0 Å². The Balaban J connectivity index is 1.74. The molecule has 3 aromatic carbocycles. The van der Waals surface area contributed by atoms with Gasteiger partial charge in [0.15, 0.2) is 0 Å². The first-order valence-corrected chi connectivity index (χ1v) is 16.3. The van der Waals surface area contributed by atoms with Gasteiger partial charge in [0.1, 0.15) is 18.3 Å². The molecule has 0 bridgehead atoms. The number of rotatable bonds is 12. The lowest BCUT2D eigenvalue weighted by molar-refractivity contribution is -0.140. The van der Waals surface area contributed by atoms with E-state index in [1.54, 1.807) is 24.3 Å². The number of hydrogen-bond donors (Lipinski definition) is 1. The van der Waals surface area contributed by atoms with Gasteiger partial charge in [-0.1, -0.05) is 91.6 Å². The van der Waals surface area contributed by atoms with Crippen LogP contribution in [0.5, 0.6) is 5.75 Å². The maximum Gasteiger partial charge on any atom is 0.244 e. The number of hydrogen-bond acceptors (Lipinski definition) is 5. The first-order valence-electron chi connectivity index (χ1n) is 14.5. The number of amides is 2. The fraction of sp³-hybridized carbons (Fsp3) is 0.394. The molecule has 1 aliphatic rings. The van der Waals surface area contributed by atoms with Crippen LogP contribution in [0.3, 0.4) is 0 Å². The Morgan fingerprint density at radius 2 is 1.60 bits per heavy atom. The van der Waals surface area contributed by atoms with E-state index in [-0.39, 0.29) is 24.2 Å². The van der Waals surface area contributed by atoms with E-state index in [9.17, 15) is 18.0 Å². The summed E-state index contributed by atoms with van der Waals surface area (Å²) in [7, 11) is -2.43. The molecule has 0 heterocycles. The number of aryl methyl sites for hydroxylation is 1.